The van der Waals surface area contributed by atoms with E-state index in [1.54, 1.807) is 24.5 Å². The summed E-state index contributed by atoms with van der Waals surface area (Å²) in [6.45, 7) is 4.00. The van der Waals surface area contributed by atoms with E-state index < -0.39 is 5.69 Å². The van der Waals surface area contributed by atoms with Gasteiger partial charge in [-0.25, -0.2) is 14.0 Å². The van der Waals surface area contributed by atoms with Crippen molar-refractivity contribution in [3.05, 3.63) is 34.7 Å². The van der Waals surface area contributed by atoms with E-state index in [4.69, 9.17) is 11.3 Å². The predicted molar refractivity (Wildman–Crippen MR) is 74.3 cm³/mol. The number of hydrogen-bond acceptors (Lipinski definition) is 4. The van der Waals surface area contributed by atoms with Crippen molar-refractivity contribution >= 4 is 28.0 Å². The smallest absolute Gasteiger partial charge is 0.335 e. The first-order valence-corrected chi connectivity index (χ1v) is 6.49. The molecule has 3 N–H and O–H groups in total. The molecule has 6 heteroatoms. The number of benzene rings is 1. The molecule has 0 aliphatic rings. The zero-order valence-corrected chi connectivity index (χ0v) is 10.9. The number of hydrogen-bond donors (Lipinski definition) is 2. The largest absolute Gasteiger partial charge is 0.353 e. The molecule has 0 aliphatic heterocycles. The van der Waals surface area contributed by atoms with Crippen molar-refractivity contribution in [3.63, 3.8) is 0 Å². The summed E-state index contributed by atoms with van der Waals surface area (Å²) in [4.78, 5) is 11.7. The maximum atomic E-state index is 11.7. The quantitative estimate of drug-likeness (QED) is 0.425. The average Bonchev–Trinajstić information content (AvgIpc) is 2.64. The van der Waals surface area contributed by atoms with Crippen molar-refractivity contribution in [3.8, 4) is 0 Å². The first-order chi connectivity index (χ1) is 8.16. The predicted octanol–water partition coefficient (Wildman–Crippen LogP) is 1.69. The van der Waals surface area contributed by atoms with E-state index in [0.717, 1.165) is 4.68 Å². The molecule has 1 aromatic carbocycles. The number of rotatable bonds is 0. The third kappa shape index (κ3) is 2.21. The first kappa shape index (κ1) is 13.4. The van der Waals surface area contributed by atoms with Crippen LogP contribution in [0.4, 0.5) is 0 Å². The van der Waals surface area contributed by atoms with Gasteiger partial charge in [0, 0.05) is 0 Å². The maximum Gasteiger partial charge on any atom is 0.353 e. The van der Waals surface area contributed by atoms with E-state index in [1.807, 2.05) is 19.9 Å². The minimum absolute atomic E-state index is 0.167. The van der Waals surface area contributed by atoms with Gasteiger partial charge in [0.05, 0.1) is 11.0 Å². The number of nitrogens with two attached hydrogens (primary N) is 1. The third-order valence-corrected chi connectivity index (χ3v) is 2.75. The highest BCUT2D eigenvalue weighted by Crippen LogP contribution is 2.12. The molecule has 5 nitrogen and oxygen atoms in total. The van der Waals surface area contributed by atoms with Crippen LogP contribution in [0.15, 0.2) is 29.1 Å². The molecule has 1 aromatic heterocycles. The molecule has 0 bridgehead atoms. The highest BCUT2D eigenvalue weighted by atomic mass is 32.2. The van der Waals surface area contributed by atoms with Gasteiger partial charge in [0.15, 0.2) is 5.17 Å². The van der Waals surface area contributed by atoms with Crippen LogP contribution in [-0.4, -0.2) is 20.7 Å². The molecule has 2 rings (SSSR count). The lowest BCUT2D eigenvalue weighted by Crippen LogP contribution is -2.31. The number of imidazole rings is 1. The molecule has 0 saturated carbocycles. The second kappa shape index (κ2) is 5.58. The molecule has 0 radical (unpaired) electrons. The molecular formula is C11H16N4OS. The Morgan fingerprint density at radius 1 is 1.29 bits per heavy atom. The van der Waals surface area contributed by atoms with Crippen LogP contribution >= 0.6 is 11.8 Å². The van der Waals surface area contributed by atoms with Crippen molar-refractivity contribution in [2.45, 2.75) is 13.8 Å². The van der Waals surface area contributed by atoms with Gasteiger partial charge < -0.3 is 5.84 Å². The fourth-order valence-electron chi connectivity index (χ4n) is 1.46. The van der Waals surface area contributed by atoms with Crippen molar-refractivity contribution in [1.82, 2.24) is 9.24 Å². The van der Waals surface area contributed by atoms with Crippen molar-refractivity contribution in [2.75, 3.05) is 12.1 Å². The molecule has 0 unspecified atom stereocenters. The zero-order valence-electron chi connectivity index (χ0n) is 10.1. The van der Waals surface area contributed by atoms with Crippen LogP contribution in [0.2, 0.25) is 0 Å². The van der Waals surface area contributed by atoms with Gasteiger partial charge in [-0.3, -0.25) is 5.41 Å². The minimum atomic E-state index is -0.393. The summed E-state index contributed by atoms with van der Waals surface area (Å²) in [7, 11) is 0. The lowest BCUT2D eigenvalue weighted by molar-refractivity contribution is 0.926. The Kier molecular flexibility index (Phi) is 4.39. The van der Waals surface area contributed by atoms with Crippen molar-refractivity contribution in [1.29, 1.82) is 5.41 Å². The van der Waals surface area contributed by atoms with Crippen LogP contribution < -0.4 is 11.5 Å². The second-order valence-corrected chi connectivity index (χ2v) is 3.78. The van der Waals surface area contributed by atoms with Crippen LogP contribution in [0.5, 0.6) is 0 Å². The number of nitrogens with one attached hydrogen (secondary N) is 1. The van der Waals surface area contributed by atoms with E-state index in [9.17, 15) is 4.79 Å². The Morgan fingerprint density at radius 3 is 2.35 bits per heavy atom. The summed E-state index contributed by atoms with van der Waals surface area (Å²) in [5.41, 5.74) is 0.890. The molecule has 17 heavy (non-hydrogen) atoms. The van der Waals surface area contributed by atoms with Gasteiger partial charge in [-0.2, -0.15) is 0 Å². The number of fused-ring (bicyclic) bond motifs is 1. The monoisotopic (exact) mass is 252 g/mol. The van der Waals surface area contributed by atoms with E-state index in [1.165, 1.54) is 16.3 Å². The summed E-state index contributed by atoms with van der Waals surface area (Å²) in [5.74, 6) is 5.61. The number of aromatic nitrogens is 2. The summed E-state index contributed by atoms with van der Waals surface area (Å²) in [5, 5.41) is 7.84. The Labute approximate surface area is 104 Å². The minimum Gasteiger partial charge on any atom is -0.335 e. The number of para-hydroxylation sites is 2. The van der Waals surface area contributed by atoms with E-state index in [2.05, 4.69) is 0 Å². The SMILES string of the molecule is CC.CSC(=N)n1c(=O)n(N)c2ccccc21. The van der Waals surface area contributed by atoms with Crippen LogP contribution in [0.3, 0.4) is 0 Å². The molecular weight excluding hydrogens is 236 g/mol. The Bertz CT molecular complexity index is 585. The average molecular weight is 252 g/mol. The Balaban J connectivity index is 0.000000686. The lowest BCUT2D eigenvalue weighted by Gasteiger charge is -1.99. The molecule has 0 saturated heterocycles. The summed E-state index contributed by atoms with van der Waals surface area (Å²) in [6, 6.07) is 7.13. The number of nitrogen functional groups attached to an aromatic ring is 1. The van der Waals surface area contributed by atoms with Gasteiger partial charge in [-0.1, -0.05) is 37.7 Å². The molecule has 0 aliphatic carbocycles. The maximum absolute atomic E-state index is 11.7. The highest BCUT2D eigenvalue weighted by Gasteiger charge is 2.13. The van der Waals surface area contributed by atoms with E-state index in [-0.39, 0.29) is 5.17 Å². The van der Waals surface area contributed by atoms with Crippen molar-refractivity contribution in [2.24, 2.45) is 0 Å². The zero-order chi connectivity index (χ0) is 13.0. The molecule has 0 spiro atoms. The fraction of sp³-hybridized carbons (Fsp3) is 0.273. The Morgan fingerprint density at radius 2 is 1.82 bits per heavy atom. The topological polar surface area (TPSA) is 76.8 Å². The van der Waals surface area contributed by atoms with E-state index >= 15 is 0 Å². The third-order valence-electron chi connectivity index (χ3n) is 2.18. The number of nitrogens with zero attached hydrogens (tertiary/aromatic N) is 2. The highest BCUT2D eigenvalue weighted by molar-refractivity contribution is 8.13. The van der Waals surface area contributed by atoms with Gasteiger partial charge >= 0.3 is 5.69 Å². The summed E-state index contributed by atoms with van der Waals surface area (Å²) < 4.78 is 2.35. The van der Waals surface area contributed by atoms with Gasteiger partial charge in [-0.15, -0.1) is 0 Å². The Hall–Kier alpha value is -1.69. The van der Waals surface area contributed by atoms with Gasteiger partial charge in [0.2, 0.25) is 0 Å². The first-order valence-electron chi connectivity index (χ1n) is 5.27. The second-order valence-electron chi connectivity index (χ2n) is 2.99. The molecule has 92 valence electrons. The van der Waals surface area contributed by atoms with Crippen LogP contribution in [-0.2, 0) is 0 Å². The number of thioether (sulfide) groups is 1. The molecule has 2 aromatic rings. The van der Waals surface area contributed by atoms with Crippen molar-refractivity contribution < 1.29 is 0 Å². The lowest BCUT2D eigenvalue weighted by atomic mass is 10.3. The molecule has 0 atom stereocenters. The van der Waals surface area contributed by atoms with E-state index in [0.29, 0.717) is 11.0 Å². The summed E-state index contributed by atoms with van der Waals surface area (Å²) in [6.07, 6.45) is 1.75. The fourth-order valence-corrected chi connectivity index (χ4v) is 1.82. The van der Waals surface area contributed by atoms with Gasteiger partial charge in [0.25, 0.3) is 0 Å². The van der Waals surface area contributed by atoms with Crippen LogP contribution in [0, 0.1) is 5.41 Å². The van der Waals surface area contributed by atoms with Crippen LogP contribution in [0.1, 0.15) is 13.8 Å². The van der Waals surface area contributed by atoms with Crippen LogP contribution in [0.25, 0.3) is 11.0 Å². The molecule has 1 heterocycles. The molecule has 0 amide bonds. The molecule has 0 fully saturated rings. The summed E-state index contributed by atoms with van der Waals surface area (Å²) >= 11 is 1.20. The van der Waals surface area contributed by atoms with Gasteiger partial charge in [0.1, 0.15) is 0 Å². The standard InChI is InChI=1S/C9H10N4OS.C2H6/c1-15-8(10)12-6-4-2-3-5-7(6)13(11)9(12)14;1-2/h2-5,10H,11H2,1H3;1-2H3. The van der Waals surface area contributed by atoms with Gasteiger partial charge in [-0.05, 0) is 18.4 Å². The normalized spacial score (nSPS) is 9.82.